The number of carbonyl (C=O) groups is 1. The van der Waals surface area contributed by atoms with Crippen molar-refractivity contribution in [3.8, 4) is 0 Å². The van der Waals surface area contributed by atoms with E-state index < -0.39 is 5.97 Å². The van der Waals surface area contributed by atoms with Gasteiger partial charge in [-0.2, -0.15) is 0 Å². The van der Waals surface area contributed by atoms with Gasteiger partial charge < -0.3 is 5.11 Å². The number of carboxylic acids is 1. The van der Waals surface area contributed by atoms with Gasteiger partial charge in [-0.25, -0.2) is 4.79 Å². The van der Waals surface area contributed by atoms with Gasteiger partial charge in [-0.1, -0.05) is 19.1 Å². The Morgan fingerprint density at radius 2 is 1.86 bits per heavy atom. The Bertz CT molecular complexity index is 841. The lowest BCUT2D eigenvalue weighted by Gasteiger charge is -2.13. The number of benzene rings is 1. The Kier molecular flexibility index (Phi) is 3.59. The van der Waals surface area contributed by atoms with E-state index in [9.17, 15) is 9.90 Å². The monoisotopic (exact) mass is 292 g/mol. The van der Waals surface area contributed by atoms with Crippen molar-refractivity contribution < 1.29 is 9.90 Å². The van der Waals surface area contributed by atoms with E-state index in [0.717, 1.165) is 16.8 Å². The molecule has 1 N–H and O–H groups in total. The minimum atomic E-state index is -0.936. The maximum absolute atomic E-state index is 11.4. The first-order valence-corrected chi connectivity index (χ1v) is 7.11. The molecular formula is C18H16N2O2. The SMILES string of the molecule is Cc1ccc([C@@H](C)c2ccc3nccc(C(=O)O)c3c2)cn1. The van der Waals surface area contributed by atoms with Gasteiger partial charge in [-0.3, -0.25) is 9.97 Å². The van der Waals surface area contributed by atoms with Crippen LogP contribution in [0.25, 0.3) is 10.9 Å². The molecule has 0 fully saturated rings. The summed E-state index contributed by atoms with van der Waals surface area (Å²) in [5.74, 6) is -0.798. The first-order valence-electron chi connectivity index (χ1n) is 7.11. The Hall–Kier alpha value is -2.75. The Balaban J connectivity index is 2.09. The number of fused-ring (bicyclic) bond motifs is 1. The van der Waals surface area contributed by atoms with Crippen molar-refractivity contribution in [1.82, 2.24) is 9.97 Å². The lowest BCUT2D eigenvalue weighted by Crippen LogP contribution is -2.01. The molecule has 3 aromatic rings. The van der Waals surface area contributed by atoms with Crippen LogP contribution in [0.5, 0.6) is 0 Å². The van der Waals surface area contributed by atoms with Crippen LogP contribution < -0.4 is 0 Å². The van der Waals surface area contributed by atoms with Crippen LogP contribution in [-0.4, -0.2) is 21.0 Å². The molecule has 0 radical (unpaired) electrons. The highest BCUT2D eigenvalue weighted by atomic mass is 16.4. The topological polar surface area (TPSA) is 63.1 Å². The number of aromatic carboxylic acids is 1. The number of aromatic nitrogens is 2. The molecule has 2 heterocycles. The molecule has 110 valence electrons. The van der Waals surface area contributed by atoms with E-state index in [1.165, 1.54) is 12.3 Å². The lowest BCUT2D eigenvalue weighted by molar-refractivity contribution is 0.0699. The predicted molar refractivity (Wildman–Crippen MR) is 85.2 cm³/mol. The minimum Gasteiger partial charge on any atom is -0.478 e. The molecule has 0 amide bonds. The molecule has 1 aromatic carbocycles. The summed E-state index contributed by atoms with van der Waals surface area (Å²) in [6.07, 6.45) is 3.39. The molecule has 2 aromatic heterocycles. The highest BCUT2D eigenvalue weighted by molar-refractivity contribution is 6.02. The maximum atomic E-state index is 11.4. The number of hydrogen-bond donors (Lipinski definition) is 1. The molecule has 1 atom stereocenters. The van der Waals surface area contributed by atoms with Crippen LogP contribution in [0.4, 0.5) is 0 Å². The van der Waals surface area contributed by atoms with Gasteiger partial charge >= 0.3 is 5.97 Å². The van der Waals surface area contributed by atoms with E-state index in [-0.39, 0.29) is 11.5 Å². The summed E-state index contributed by atoms with van der Waals surface area (Å²) in [6.45, 7) is 4.04. The van der Waals surface area contributed by atoms with Gasteiger partial charge in [0.2, 0.25) is 0 Å². The van der Waals surface area contributed by atoms with E-state index in [1.54, 1.807) is 0 Å². The van der Waals surface area contributed by atoms with Crippen LogP contribution in [-0.2, 0) is 0 Å². The molecule has 3 rings (SSSR count). The Morgan fingerprint density at radius 1 is 1.09 bits per heavy atom. The number of pyridine rings is 2. The molecule has 0 aliphatic carbocycles. The summed E-state index contributed by atoms with van der Waals surface area (Å²) in [4.78, 5) is 19.9. The summed E-state index contributed by atoms with van der Waals surface area (Å²) in [6, 6.07) is 11.3. The zero-order valence-corrected chi connectivity index (χ0v) is 12.4. The van der Waals surface area contributed by atoms with Crippen molar-refractivity contribution in [3.05, 3.63) is 71.2 Å². The normalized spacial score (nSPS) is 12.3. The molecule has 0 unspecified atom stereocenters. The second-order valence-electron chi connectivity index (χ2n) is 5.39. The number of carboxylic acid groups (broad SMARTS) is 1. The average molecular weight is 292 g/mol. The molecule has 22 heavy (non-hydrogen) atoms. The fraction of sp³-hybridized carbons (Fsp3) is 0.167. The molecule has 0 saturated carbocycles. The third-order valence-electron chi connectivity index (χ3n) is 3.93. The Morgan fingerprint density at radius 3 is 2.55 bits per heavy atom. The van der Waals surface area contributed by atoms with Crippen LogP contribution in [0.1, 0.15) is 40.0 Å². The summed E-state index contributed by atoms with van der Waals surface area (Å²) in [5, 5.41) is 9.99. The van der Waals surface area contributed by atoms with E-state index >= 15 is 0 Å². The minimum absolute atomic E-state index is 0.138. The Labute approximate surface area is 128 Å². The number of nitrogens with zero attached hydrogens (tertiary/aromatic N) is 2. The van der Waals surface area contributed by atoms with Crippen LogP contribution in [0.15, 0.2) is 48.8 Å². The first kappa shape index (κ1) is 14.2. The highest BCUT2D eigenvalue weighted by Crippen LogP contribution is 2.27. The standard InChI is InChI=1S/C18H16N2O2/c1-11-3-4-14(10-20-11)12(2)13-5-6-17-16(9-13)15(18(21)22)7-8-19-17/h3-10,12H,1-2H3,(H,21,22)/t12-/m0/s1. The van der Waals surface area contributed by atoms with Gasteiger partial charge in [-0.15, -0.1) is 0 Å². The molecule has 4 heteroatoms. The zero-order valence-electron chi connectivity index (χ0n) is 12.4. The quantitative estimate of drug-likeness (QED) is 0.797. The average Bonchev–Trinajstić information content (AvgIpc) is 2.53. The third-order valence-corrected chi connectivity index (χ3v) is 3.93. The molecule has 0 bridgehead atoms. The van der Waals surface area contributed by atoms with Gasteiger partial charge in [0, 0.05) is 29.4 Å². The predicted octanol–water partition coefficient (Wildman–Crippen LogP) is 3.79. The summed E-state index contributed by atoms with van der Waals surface area (Å²) in [7, 11) is 0. The van der Waals surface area contributed by atoms with Gasteiger partial charge in [0.25, 0.3) is 0 Å². The van der Waals surface area contributed by atoms with Crippen molar-refractivity contribution in [2.24, 2.45) is 0 Å². The zero-order chi connectivity index (χ0) is 15.7. The second kappa shape index (κ2) is 5.56. The van der Waals surface area contributed by atoms with Crippen LogP contribution in [0.2, 0.25) is 0 Å². The van der Waals surface area contributed by atoms with Crippen molar-refractivity contribution in [2.45, 2.75) is 19.8 Å². The molecule has 0 spiro atoms. The fourth-order valence-corrected chi connectivity index (χ4v) is 2.55. The molecule has 0 saturated heterocycles. The number of aryl methyl sites for hydroxylation is 1. The fourth-order valence-electron chi connectivity index (χ4n) is 2.55. The molecule has 0 aliphatic rings. The maximum Gasteiger partial charge on any atom is 0.336 e. The largest absolute Gasteiger partial charge is 0.478 e. The van der Waals surface area contributed by atoms with Crippen molar-refractivity contribution in [3.63, 3.8) is 0 Å². The van der Waals surface area contributed by atoms with Crippen molar-refractivity contribution in [2.75, 3.05) is 0 Å². The third kappa shape index (κ3) is 2.55. The van der Waals surface area contributed by atoms with Crippen molar-refractivity contribution >= 4 is 16.9 Å². The van der Waals surface area contributed by atoms with E-state index in [0.29, 0.717) is 10.9 Å². The van der Waals surface area contributed by atoms with Crippen LogP contribution >= 0.6 is 0 Å². The summed E-state index contributed by atoms with van der Waals surface area (Å²) < 4.78 is 0. The van der Waals surface area contributed by atoms with Crippen LogP contribution in [0, 0.1) is 6.92 Å². The van der Waals surface area contributed by atoms with E-state index in [4.69, 9.17) is 0 Å². The van der Waals surface area contributed by atoms with Gasteiger partial charge in [0.15, 0.2) is 0 Å². The van der Waals surface area contributed by atoms with Crippen molar-refractivity contribution in [1.29, 1.82) is 0 Å². The highest BCUT2D eigenvalue weighted by Gasteiger charge is 2.13. The van der Waals surface area contributed by atoms with Gasteiger partial charge in [-0.05, 0) is 42.3 Å². The summed E-state index contributed by atoms with van der Waals surface area (Å²) in [5.41, 5.74) is 4.10. The molecule has 0 aliphatic heterocycles. The number of rotatable bonds is 3. The van der Waals surface area contributed by atoms with Gasteiger partial charge in [0.1, 0.15) is 0 Å². The van der Waals surface area contributed by atoms with E-state index in [2.05, 4.69) is 23.0 Å². The van der Waals surface area contributed by atoms with Gasteiger partial charge in [0.05, 0.1) is 11.1 Å². The lowest BCUT2D eigenvalue weighted by atomic mass is 9.92. The second-order valence-corrected chi connectivity index (χ2v) is 5.39. The number of hydrogen-bond acceptors (Lipinski definition) is 3. The molecule has 4 nitrogen and oxygen atoms in total. The van der Waals surface area contributed by atoms with Crippen LogP contribution in [0.3, 0.4) is 0 Å². The van der Waals surface area contributed by atoms with E-state index in [1.807, 2.05) is 37.4 Å². The molecular weight excluding hydrogens is 276 g/mol. The first-order chi connectivity index (χ1) is 10.6. The smallest absolute Gasteiger partial charge is 0.336 e. The summed E-state index contributed by atoms with van der Waals surface area (Å²) >= 11 is 0.